The number of para-hydroxylation sites is 1. The summed E-state index contributed by atoms with van der Waals surface area (Å²) in [4.78, 5) is 12.2. The number of rotatable bonds is 6. The van der Waals surface area contributed by atoms with Gasteiger partial charge in [-0.15, -0.1) is 0 Å². The summed E-state index contributed by atoms with van der Waals surface area (Å²) in [6, 6.07) is 13.6. The van der Waals surface area contributed by atoms with Gasteiger partial charge in [-0.25, -0.2) is 12.7 Å². The number of nitrogens with zero attached hydrogens (tertiary/aromatic N) is 1. The normalized spacial score (nSPS) is 23.0. The third kappa shape index (κ3) is 4.18. The van der Waals surface area contributed by atoms with E-state index in [-0.39, 0.29) is 16.1 Å². The van der Waals surface area contributed by atoms with Gasteiger partial charge >= 0.3 is 16.3 Å². The summed E-state index contributed by atoms with van der Waals surface area (Å²) in [5.41, 5.74) is -1.42. The zero-order valence-electron chi connectivity index (χ0n) is 15.9. The molecule has 4 rings (SSSR count). The Bertz CT molecular complexity index is 1270. The number of anilines is 1. The van der Waals surface area contributed by atoms with E-state index in [2.05, 4.69) is 4.72 Å². The Morgan fingerprint density at radius 2 is 1.69 bits per heavy atom. The summed E-state index contributed by atoms with van der Waals surface area (Å²) in [6.07, 6.45) is -2.02. The summed E-state index contributed by atoms with van der Waals surface area (Å²) in [7, 11) is -8.86. The summed E-state index contributed by atoms with van der Waals surface area (Å²) in [5.74, 6) is -0.804. The Morgan fingerprint density at radius 3 is 2.34 bits per heavy atom. The number of esters is 1. The highest BCUT2D eigenvalue weighted by Crippen LogP contribution is 2.52. The molecular weight excluding hydrogens is 527 g/mol. The first-order valence-corrected chi connectivity index (χ1v) is 13.0. The van der Waals surface area contributed by atoms with Crippen molar-refractivity contribution in [3.8, 4) is 0 Å². The molecular formula is C18H15Cl3N2O7S2. The molecule has 2 atom stereocenters. The molecule has 1 N–H and O–H groups in total. The highest BCUT2D eigenvalue weighted by atomic mass is 35.6. The first-order valence-electron chi connectivity index (χ1n) is 8.99. The number of halogens is 3. The van der Waals surface area contributed by atoms with Crippen molar-refractivity contribution in [1.82, 2.24) is 4.72 Å². The lowest BCUT2D eigenvalue weighted by Crippen LogP contribution is -2.54. The Hall–Kier alpha value is -1.60. The topological polar surface area (TPSA) is 119 Å². The average Bonchev–Trinajstić information content (AvgIpc) is 3.15. The largest absolute Gasteiger partial charge is 0.438 e. The number of benzene rings is 2. The number of sulfonamides is 1. The molecule has 32 heavy (non-hydrogen) atoms. The average molecular weight is 542 g/mol. The van der Waals surface area contributed by atoms with Crippen molar-refractivity contribution in [1.29, 1.82) is 0 Å². The van der Waals surface area contributed by atoms with Crippen LogP contribution < -0.4 is 9.03 Å². The molecule has 2 aliphatic heterocycles. The Labute approximate surface area is 199 Å². The number of ether oxygens (including phenoxy) is 1. The number of nitrogens with one attached hydrogen (secondary N) is 1. The van der Waals surface area contributed by atoms with Crippen molar-refractivity contribution in [3.63, 3.8) is 0 Å². The van der Waals surface area contributed by atoms with E-state index in [4.69, 9.17) is 43.7 Å². The van der Waals surface area contributed by atoms with E-state index in [1.807, 2.05) is 0 Å². The minimum atomic E-state index is -4.62. The molecule has 0 bridgehead atoms. The predicted octanol–water partition coefficient (Wildman–Crippen LogP) is 2.59. The summed E-state index contributed by atoms with van der Waals surface area (Å²) >= 11 is 16.7. The zero-order valence-corrected chi connectivity index (χ0v) is 19.8. The quantitative estimate of drug-likeness (QED) is 0.441. The van der Waals surface area contributed by atoms with Crippen molar-refractivity contribution in [2.24, 2.45) is 0 Å². The van der Waals surface area contributed by atoms with Crippen molar-refractivity contribution in [2.45, 2.75) is 26.9 Å². The number of carbonyl (C=O) groups excluding carboxylic acids is 1. The van der Waals surface area contributed by atoms with Gasteiger partial charge in [-0.1, -0.05) is 71.2 Å². The number of hydrogen-bond acceptors (Lipinski definition) is 7. The first-order chi connectivity index (χ1) is 14.9. The van der Waals surface area contributed by atoms with Crippen LogP contribution in [-0.2, 0) is 39.6 Å². The minimum absolute atomic E-state index is 0.0659. The lowest BCUT2D eigenvalue weighted by Gasteiger charge is -2.30. The third-order valence-corrected chi connectivity index (χ3v) is 8.05. The van der Waals surface area contributed by atoms with Crippen LogP contribution in [0.4, 0.5) is 5.69 Å². The minimum Gasteiger partial charge on any atom is -0.438 e. The van der Waals surface area contributed by atoms with Gasteiger partial charge in [0.25, 0.3) is 10.0 Å². The molecule has 0 aromatic heterocycles. The van der Waals surface area contributed by atoms with Crippen LogP contribution in [0.1, 0.15) is 12.0 Å². The second-order valence-corrected chi connectivity index (χ2v) is 12.7. The molecule has 14 heteroatoms. The van der Waals surface area contributed by atoms with E-state index >= 15 is 0 Å². The molecule has 9 nitrogen and oxygen atoms in total. The molecule has 0 unspecified atom stereocenters. The lowest BCUT2D eigenvalue weighted by molar-refractivity contribution is -0.141. The van der Waals surface area contributed by atoms with Gasteiger partial charge in [0.15, 0.2) is 0 Å². The van der Waals surface area contributed by atoms with Crippen LogP contribution in [0.15, 0.2) is 59.5 Å². The maximum Gasteiger partial charge on any atom is 0.337 e. The number of fused-ring (bicyclic) bond motifs is 3. The number of carbonyl (C=O) groups is 1. The summed E-state index contributed by atoms with van der Waals surface area (Å²) < 4.78 is 63.5. The van der Waals surface area contributed by atoms with Crippen LogP contribution >= 0.6 is 34.8 Å². The molecule has 0 amide bonds. The van der Waals surface area contributed by atoms with Gasteiger partial charge in [0.05, 0.1) is 17.0 Å². The van der Waals surface area contributed by atoms with Crippen molar-refractivity contribution >= 4 is 66.8 Å². The van der Waals surface area contributed by atoms with Crippen LogP contribution in [0.3, 0.4) is 0 Å². The maximum atomic E-state index is 13.5. The Kier molecular flexibility index (Phi) is 5.90. The molecule has 0 saturated carbocycles. The van der Waals surface area contributed by atoms with Gasteiger partial charge in [0.2, 0.25) is 10.0 Å². The first kappa shape index (κ1) is 23.6. The van der Waals surface area contributed by atoms with Crippen molar-refractivity contribution in [2.75, 3.05) is 10.9 Å². The highest BCUT2D eigenvalue weighted by Gasteiger charge is 2.63. The van der Waals surface area contributed by atoms with Crippen LogP contribution in [0.25, 0.3) is 0 Å². The van der Waals surface area contributed by atoms with Gasteiger partial charge in [0.1, 0.15) is 12.1 Å². The van der Waals surface area contributed by atoms with Gasteiger partial charge in [-0.3, -0.25) is 8.98 Å². The number of alkyl halides is 3. The van der Waals surface area contributed by atoms with Gasteiger partial charge < -0.3 is 4.74 Å². The molecule has 0 radical (unpaired) electrons. The van der Waals surface area contributed by atoms with Crippen LogP contribution in [0.5, 0.6) is 0 Å². The molecule has 2 aromatic carbocycles. The zero-order chi connectivity index (χ0) is 23.4. The van der Waals surface area contributed by atoms with E-state index in [1.165, 1.54) is 36.4 Å². The summed E-state index contributed by atoms with van der Waals surface area (Å²) in [6.45, 7) is -0.809. The standard InChI is InChI=1S/C18H15Cl3N2O7S2/c19-18(20,21)11-29-32(27,28)22-17-10-15(24)30-16(17)23(14-9-5-4-8-13(14)17)31(25,26)12-6-2-1-3-7-12/h1-9,16,22H,10-11H2/t16-,17+/m1/s1. The Balaban J connectivity index is 1.82. The molecule has 2 aromatic rings. The maximum absolute atomic E-state index is 13.5. The van der Waals surface area contributed by atoms with Crippen LogP contribution in [0, 0.1) is 0 Å². The fourth-order valence-electron chi connectivity index (χ4n) is 3.73. The van der Waals surface area contributed by atoms with E-state index < -0.39 is 54.9 Å². The smallest absolute Gasteiger partial charge is 0.337 e. The molecule has 0 spiro atoms. The van der Waals surface area contributed by atoms with Crippen LogP contribution in [-0.4, -0.2) is 39.4 Å². The molecule has 1 saturated heterocycles. The van der Waals surface area contributed by atoms with Crippen molar-refractivity contribution in [3.05, 3.63) is 60.2 Å². The molecule has 2 heterocycles. The molecule has 2 aliphatic rings. The molecule has 0 aliphatic carbocycles. The summed E-state index contributed by atoms with van der Waals surface area (Å²) in [5, 5.41) is 0. The second kappa shape index (κ2) is 8.01. The number of hydrogen-bond donors (Lipinski definition) is 1. The third-order valence-electron chi connectivity index (χ3n) is 4.91. The lowest BCUT2D eigenvalue weighted by atomic mass is 9.90. The highest BCUT2D eigenvalue weighted by molar-refractivity contribution is 7.93. The SMILES string of the molecule is O=C1C[C@]2(NS(=O)(=O)OCC(Cl)(Cl)Cl)c3ccccc3N(S(=O)(=O)c3ccccc3)[C@@H]2O1. The monoisotopic (exact) mass is 540 g/mol. The fourth-order valence-corrected chi connectivity index (χ4v) is 6.83. The van der Waals surface area contributed by atoms with Crippen LogP contribution in [0.2, 0.25) is 0 Å². The van der Waals surface area contributed by atoms with Gasteiger partial charge in [-0.05, 0) is 18.2 Å². The predicted molar refractivity (Wildman–Crippen MR) is 117 cm³/mol. The van der Waals surface area contributed by atoms with E-state index in [1.54, 1.807) is 18.2 Å². The Morgan fingerprint density at radius 1 is 1.06 bits per heavy atom. The molecule has 172 valence electrons. The van der Waals surface area contributed by atoms with E-state index in [0.717, 1.165) is 4.31 Å². The van der Waals surface area contributed by atoms with E-state index in [9.17, 15) is 21.6 Å². The van der Waals surface area contributed by atoms with Gasteiger partial charge in [-0.2, -0.15) is 13.1 Å². The molecule has 1 fully saturated rings. The van der Waals surface area contributed by atoms with Gasteiger partial charge in [0, 0.05) is 5.56 Å². The second-order valence-electron chi connectivity index (χ2n) is 7.05. The van der Waals surface area contributed by atoms with E-state index in [0.29, 0.717) is 0 Å². The fraction of sp³-hybridized carbons (Fsp3) is 0.278. The van der Waals surface area contributed by atoms with Crippen molar-refractivity contribution < 1.29 is 30.6 Å².